The van der Waals surface area contributed by atoms with Crippen molar-refractivity contribution in [1.29, 1.82) is 0 Å². The third-order valence-corrected chi connectivity index (χ3v) is 3.67. The molecule has 0 saturated heterocycles. The first-order valence-corrected chi connectivity index (χ1v) is 7.49. The quantitative estimate of drug-likeness (QED) is 0.478. The third-order valence-electron chi connectivity index (χ3n) is 3.67. The van der Waals surface area contributed by atoms with Gasteiger partial charge in [-0.25, -0.2) is 19.2 Å². The van der Waals surface area contributed by atoms with Gasteiger partial charge in [-0.3, -0.25) is 10.0 Å². The average Bonchev–Trinajstić information content (AvgIpc) is 2.64. The molecule has 0 aliphatic heterocycles. The second kappa shape index (κ2) is 7.28. The van der Waals surface area contributed by atoms with Crippen LogP contribution in [0.15, 0.2) is 36.5 Å². The highest BCUT2D eigenvalue weighted by atomic mass is 19.1. The van der Waals surface area contributed by atoms with E-state index in [1.165, 1.54) is 18.8 Å². The zero-order chi connectivity index (χ0) is 18.7. The van der Waals surface area contributed by atoms with Crippen LogP contribution in [0, 0.1) is 11.6 Å². The Balaban J connectivity index is 1.94. The van der Waals surface area contributed by atoms with Gasteiger partial charge in [0, 0.05) is 28.9 Å². The zero-order valence-electron chi connectivity index (χ0n) is 13.6. The first-order chi connectivity index (χ1) is 12.5. The molecule has 1 amide bonds. The van der Waals surface area contributed by atoms with Crippen LogP contribution in [-0.4, -0.2) is 28.2 Å². The van der Waals surface area contributed by atoms with E-state index >= 15 is 0 Å². The van der Waals surface area contributed by atoms with Crippen LogP contribution in [0.25, 0.3) is 11.0 Å². The summed E-state index contributed by atoms with van der Waals surface area (Å²) in [5.41, 5.74) is 2.01. The van der Waals surface area contributed by atoms with Gasteiger partial charge in [0.25, 0.3) is 0 Å². The second-order valence-corrected chi connectivity index (χ2v) is 5.34. The molecule has 0 spiro atoms. The van der Waals surface area contributed by atoms with Gasteiger partial charge in [-0.1, -0.05) is 0 Å². The van der Waals surface area contributed by atoms with Crippen LogP contribution in [0.4, 0.5) is 20.2 Å². The number of hydrogen-bond acceptors (Lipinski definition) is 6. The fraction of sp³-hybridized carbons (Fsp3) is 0.118. The Morgan fingerprint density at radius 3 is 2.62 bits per heavy atom. The van der Waals surface area contributed by atoms with E-state index in [9.17, 15) is 13.6 Å². The number of hydrogen-bond donors (Lipinski definition) is 3. The molecule has 1 aromatic carbocycles. The number of aromatic nitrogens is 2. The van der Waals surface area contributed by atoms with Crippen molar-refractivity contribution in [2.24, 2.45) is 0 Å². The Hall–Kier alpha value is -3.33. The Morgan fingerprint density at radius 1 is 1.23 bits per heavy atom. The minimum absolute atomic E-state index is 0.150. The topological polar surface area (TPSA) is 96.4 Å². The van der Waals surface area contributed by atoms with Crippen molar-refractivity contribution in [3.63, 3.8) is 0 Å². The molecule has 0 fully saturated rings. The summed E-state index contributed by atoms with van der Waals surface area (Å²) in [4.78, 5) is 19.5. The number of carbonyl (C=O) groups excluding carboxylic acids is 1. The van der Waals surface area contributed by atoms with Crippen molar-refractivity contribution in [1.82, 2.24) is 15.4 Å². The molecular formula is C17H14F2N4O3. The third kappa shape index (κ3) is 3.52. The molecule has 0 radical (unpaired) electrons. The molecular weight excluding hydrogens is 346 g/mol. The van der Waals surface area contributed by atoms with Crippen molar-refractivity contribution in [2.45, 2.75) is 6.42 Å². The lowest BCUT2D eigenvalue weighted by atomic mass is 10.1. The number of rotatable bonds is 5. The lowest BCUT2D eigenvalue weighted by molar-refractivity contribution is -0.128. The Kier molecular flexibility index (Phi) is 4.90. The highest BCUT2D eigenvalue weighted by molar-refractivity contribution is 5.91. The lowest BCUT2D eigenvalue weighted by Crippen LogP contribution is -2.22. The van der Waals surface area contributed by atoms with Gasteiger partial charge < -0.3 is 10.1 Å². The molecule has 7 nitrogen and oxygen atoms in total. The number of pyridine rings is 2. The van der Waals surface area contributed by atoms with E-state index in [1.54, 1.807) is 18.2 Å². The van der Waals surface area contributed by atoms with Crippen LogP contribution in [0.5, 0.6) is 5.88 Å². The predicted octanol–water partition coefficient (Wildman–Crippen LogP) is 2.71. The number of benzene rings is 1. The molecule has 9 heteroatoms. The molecule has 134 valence electrons. The highest BCUT2D eigenvalue weighted by Crippen LogP contribution is 2.27. The second-order valence-electron chi connectivity index (χ2n) is 5.34. The maximum absolute atomic E-state index is 14.1. The van der Waals surface area contributed by atoms with E-state index in [1.807, 2.05) is 0 Å². The van der Waals surface area contributed by atoms with Gasteiger partial charge in [-0.2, -0.15) is 4.98 Å². The molecule has 2 aromatic heterocycles. The van der Waals surface area contributed by atoms with Crippen LogP contribution in [0.2, 0.25) is 0 Å². The van der Waals surface area contributed by atoms with Crippen molar-refractivity contribution in [3.05, 3.63) is 53.7 Å². The molecule has 26 heavy (non-hydrogen) atoms. The monoisotopic (exact) mass is 360 g/mol. The smallest absolute Gasteiger partial charge is 0.247 e. The van der Waals surface area contributed by atoms with Gasteiger partial charge >= 0.3 is 0 Å². The fourth-order valence-electron chi connectivity index (χ4n) is 2.43. The van der Waals surface area contributed by atoms with Crippen molar-refractivity contribution in [2.75, 3.05) is 12.4 Å². The molecule has 3 rings (SSSR count). The summed E-state index contributed by atoms with van der Waals surface area (Å²) in [6.07, 6.45) is 0.889. The molecule has 3 N–H and O–H groups in total. The summed E-state index contributed by atoms with van der Waals surface area (Å²) in [5.74, 6) is -2.34. The van der Waals surface area contributed by atoms with Crippen LogP contribution in [-0.2, 0) is 11.2 Å². The SMILES string of the molecule is COc1ccc2c(Nc3cc(F)c(CC(=O)NO)c(F)c3)ccnc2n1. The van der Waals surface area contributed by atoms with Gasteiger partial charge in [0.2, 0.25) is 11.8 Å². The largest absolute Gasteiger partial charge is 0.481 e. The summed E-state index contributed by atoms with van der Waals surface area (Å²) in [5, 5.41) is 12.0. The summed E-state index contributed by atoms with van der Waals surface area (Å²) in [6, 6.07) is 7.13. The van der Waals surface area contributed by atoms with Crippen molar-refractivity contribution >= 4 is 28.3 Å². The normalized spacial score (nSPS) is 10.6. The van der Waals surface area contributed by atoms with Gasteiger partial charge in [-0.15, -0.1) is 0 Å². The summed E-state index contributed by atoms with van der Waals surface area (Å²) in [6.45, 7) is 0. The molecule has 0 atom stereocenters. The minimum Gasteiger partial charge on any atom is -0.481 e. The first kappa shape index (κ1) is 17.5. The average molecular weight is 360 g/mol. The van der Waals surface area contributed by atoms with Gasteiger partial charge in [-0.05, 0) is 24.3 Å². The van der Waals surface area contributed by atoms with E-state index in [0.717, 1.165) is 12.1 Å². The van der Waals surface area contributed by atoms with Gasteiger partial charge in [0.15, 0.2) is 5.65 Å². The molecule has 2 heterocycles. The number of carbonyl (C=O) groups is 1. The standard InChI is InChI=1S/C17H14F2N4O3/c1-26-16-3-2-10-14(4-5-20-17(10)22-16)21-9-6-12(18)11(13(19)7-9)8-15(24)23-25/h2-7,25H,8H2,1H3,(H,23,24)(H,20,21,22). The molecule has 3 aromatic rings. The number of methoxy groups -OCH3 is 1. The number of hydroxylamine groups is 1. The zero-order valence-corrected chi connectivity index (χ0v) is 13.6. The van der Waals surface area contributed by atoms with E-state index in [-0.39, 0.29) is 5.69 Å². The predicted molar refractivity (Wildman–Crippen MR) is 89.4 cm³/mol. The molecule has 0 aliphatic rings. The van der Waals surface area contributed by atoms with E-state index in [0.29, 0.717) is 22.6 Å². The summed E-state index contributed by atoms with van der Waals surface area (Å²) in [7, 11) is 1.49. The maximum atomic E-state index is 14.1. The Morgan fingerprint density at radius 2 is 1.96 bits per heavy atom. The molecule has 0 bridgehead atoms. The summed E-state index contributed by atoms with van der Waals surface area (Å²) < 4.78 is 33.3. The Labute approximate surface area is 146 Å². The van der Waals surface area contributed by atoms with Crippen LogP contribution in [0.3, 0.4) is 0 Å². The molecule has 0 unspecified atom stereocenters. The summed E-state index contributed by atoms with van der Waals surface area (Å²) >= 11 is 0. The van der Waals surface area contributed by atoms with E-state index in [2.05, 4.69) is 15.3 Å². The molecule has 0 aliphatic carbocycles. The minimum atomic E-state index is -0.913. The van der Waals surface area contributed by atoms with E-state index in [4.69, 9.17) is 9.94 Å². The number of nitrogens with one attached hydrogen (secondary N) is 2. The fourth-order valence-corrected chi connectivity index (χ4v) is 2.43. The number of ether oxygens (including phenoxy) is 1. The number of nitrogens with zero attached hydrogens (tertiary/aromatic N) is 2. The van der Waals surface area contributed by atoms with Crippen LogP contribution in [0.1, 0.15) is 5.56 Å². The highest BCUT2D eigenvalue weighted by Gasteiger charge is 2.15. The Bertz CT molecular complexity index is 958. The van der Waals surface area contributed by atoms with Gasteiger partial charge in [0.05, 0.1) is 19.2 Å². The lowest BCUT2D eigenvalue weighted by Gasteiger charge is -2.12. The number of anilines is 2. The number of fused-ring (bicyclic) bond motifs is 1. The number of amides is 1. The molecule has 0 saturated carbocycles. The van der Waals surface area contributed by atoms with Crippen molar-refractivity contribution < 1.29 is 23.5 Å². The van der Waals surface area contributed by atoms with Crippen LogP contribution >= 0.6 is 0 Å². The first-order valence-electron chi connectivity index (χ1n) is 7.49. The van der Waals surface area contributed by atoms with Gasteiger partial charge in [0.1, 0.15) is 11.6 Å². The van der Waals surface area contributed by atoms with E-state index < -0.39 is 29.5 Å². The number of halogens is 2. The maximum Gasteiger partial charge on any atom is 0.247 e. The van der Waals surface area contributed by atoms with Crippen molar-refractivity contribution in [3.8, 4) is 5.88 Å². The van der Waals surface area contributed by atoms with Crippen LogP contribution < -0.4 is 15.5 Å².